The monoisotopic (exact) mass is 279 g/mol. The standard InChI is InChI=1S/C14H17NO3S/c1-4-15-10-8-6-7-9-11(10)19-14(3,12(15)16)13(17)18-5-2/h6-9H,4-5H2,1-3H3. The van der Waals surface area contributed by atoms with Gasteiger partial charge in [0.25, 0.3) is 5.91 Å². The lowest BCUT2D eigenvalue weighted by Crippen LogP contribution is -2.53. The van der Waals surface area contributed by atoms with E-state index in [1.54, 1.807) is 18.7 Å². The number of carbonyl (C=O) groups is 2. The number of carbonyl (C=O) groups excluding carboxylic acids is 2. The van der Waals surface area contributed by atoms with Gasteiger partial charge in [0.1, 0.15) is 0 Å². The lowest BCUT2D eigenvalue weighted by atomic mass is 10.1. The minimum Gasteiger partial charge on any atom is -0.465 e. The highest BCUT2D eigenvalue weighted by atomic mass is 32.2. The van der Waals surface area contributed by atoms with Crippen LogP contribution in [-0.2, 0) is 14.3 Å². The zero-order valence-corrected chi connectivity index (χ0v) is 12.1. The maximum atomic E-state index is 12.6. The molecule has 0 aromatic heterocycles. The normalized spacial score (nSPS) is 22.1. The number of hydrogen-bond acceptors (Lipinski definition) is 4. The van der Waals surface area contributed by atoms with E-state index in [2.05, 4.69) is 0 Å². The molecule has 1 aromatic carbocycles. The number of fused-ring (bicyclic) bond motifs is 1. The molecule has 4 nitrogen and oxygen atoms in total. The maximum Gasteiger partial charge on any atom is 0.332 e. The van der Waals surface area contributed by atoms with Gasteiger partial charge in [0, 0.05) is 11.4 Å². The molecular weight excluding hydrogens is 262 g/mol. The fraction of sp³-hybridized carbons (Fsp3) is 0.429. The molecule has 0 fully saturated rings. The minimum absolute atomic E-state index is 0.211. The van der Waals surface area contributed by atoms with E-state index in [1.165, 1.54) is 11.8 Å². The predicted molar refractivity (Wildman–Crippen MR) is 75.4 cm³/mol. The van der Waals surface area contributed by atoms with Gasteiger partial charge in [0.2, 0.25) is 0 Å². The summed E-state index contributed by atoms with van der Waals surface area (Å²) in [5.41, 5.74) is 0.863. The molecule has 19 heavy (non-hydrogen) atoms. The molecule has 2 rings (SSSR count). The van der Waals surface area contributed by atoms with Crippen LogP contribution >= 0.6 is 11.8 Å². The molecule has 0 aliphatic carbocycles. The lowest BCUT2D eigenvalue weighted by molar-refractivity contribution is -0.148. The molecule has 0 N–H and O–H groups in total. The third-order valence-corrected chi connectivity index (χ3v) is 4.42. The van der Waals surface area contributed by atoms with Gasteiger partial charge in [-0.1, -0.05) is 23.9 Å². The summed E-state index contributed by atoms with van der Waals surface area (Å²) < 4.78 is 3.86. The third kappa shape index (κ3) is 2.23. The van der Waals surface area contributed by atoms with E-state index < -0.39 is 10.7 Å². The van der Waals surface area contributed by atoms with Crippen LogP contribution in [-0.4, -0.2) is 29.8 Å². The van der Waals surface area contributed by atoms with E-state index in [1.807, 2.05) is 31.2 Å². The third-order valence-electron chi connectivity index (χ3n) is 3.10. The van der Waals surface area contributed by atoms with Crippen LogP contribution in [0.25, 0.3) is 0 Å². The largest absolute Gasteiger partial charge is 0.465 e. The Balaban J connectivity index is 2.46. The second kappa shape index (κ2) is 5.25. The van der Waals surface area contributed by atoms with Crippen molar-refractivity contribution >= 4 is 29.3 Å². The SMILES string of the molecule is CCOC(=O)C1(C)Sc2ccccc2N(CC)C1=O. The Labute approximate surface area is 117 Å². The van der Waals surface area contributed by atoms with E-state index in [4.69, 9.17) is 4.74 Å². The fourth-order valence-corrected chi connectivity index (χ4v) is 3.32. The number of thioether (sulfide) groups is 1. The summed E-state index contributed by atoms with van der Waals surface area (Å²) in [7, 11) is 0. The Morgan fingerprint density at radius 1 is 1.37 bits per heavy atom. The Kier molecular flexibility index (Phi) is 3.85. The van der Waals surface area contributed by atoms with Gasteiger partial charge in [0.15, 0.2) is 4.75 Å². The second-order valence-corrected chi connectivity index (χ2v) is 5.83. The van der Waals surface area contributed by atoms with Crippen molar-refractivity contribution in [2.45, 2.75) is 30.4 Å². The molecule has 1 aliphatic rings. The highest BCUT2D eigenvalue weighted by molar-refractivity contribution is 8.02. The molecule has 1 aromatic rings. The Bertz CT molecular complexity index is 517. The van der Waals surface area contributed by atoms with Gasteiger partial charge in [-0.05, 0) is 32.9 Å². The van der Waals surface area contributed by atoms with Crippen molar-refractivity contribution in [2.75, 3.05) is 18.1 Å². The number of ether oxygens (including phenoxy) is 1. The molecule has 0 saturated heterocycles. The van der Waals surface area contributed by atoms with Gasteiger partial charge in [-0.3, -0.25) is 4.79 Å². The van der Waals surface area contributed by atoms with Gasteiger partial charge in [0.05, 0.1) is 12.3 Å². The lowest BCUT2D eigenvalue weighted by Gasteiger charge is -2.37. The first kappa shape index (κ1) is 13.9. The van der Waals surface area contributed by atoms with Crippen LogP contribution < -0.4 is 4.90 Å². The first-order chi connectivity index (χ1) is 9.04. The number of para-hydroxylation sites is 1. The van der Waals surface area contributed by atoms with Crippen LogP contribution in [0.5, 0.6) is 0 Å². The Morgan fingerprint density at radius 2 is 2.05 bits per heavy atom. The molecule has 1 unspecified atom stereocenters. The molecule has 0 bridgehead atoms. The number of esters is 1. The highest BCUT2D eigenvalue weighted by Crippen LogP contribution is 2.45. The second-order valence-electron chi connectivity index (χ2n) is 4.37. The zero-order valence-electron chi connectivity index (χ0n) is 11.3. The molecule has 1 atom stereocenters. The van der Waals surface area contributed by atoms with E-state index in [0.29, 0.717) is 6.54 Å². The maximum absolute atomic E-state index is 12.6. The van der Waals surface area contributed by atoms with Crippen molar-refractivity contribution in [3.05, 3.63) is 24.3 Å². The molecule has 1 amide bonds. The van der Waals surface area contributed by atoms with Crippen LogP contribution in [0, 0.1) is 0 Å². The van der Waals surface area contributed by atoms with Gasteiger partial charge >= 0.3 is 5.97 Å². The van der Waals surface area contributed by atoms with Gasteiger partial charge in [-0.15, -0.1) is 0 Å². The average Bonchev–Trinajstić information content (AvgIpc) is 2.40. The summed E-state index contributed by atoms with van der Waals surface area (Å²) in [6, 6.07) is 7.62. The smallest absolute Gasteiger partial charge is 0.332 e. The van der Waals surface area contributed by atoms with Crippen molar-refractivity contribution < 1.29 is 14.3 Å². The Morgan fingerprint density at radius 3 is 2.68 bits per heavy atom. The van der Waals surface area contributed by atoms with Gasteiger partial charge in [-0.25, -0.2) is 4.79 Å². The number of benzene rings is 1. The Hall–Kier alpha value is -1.49. The fourth-order valence-electron chi connectivity index (χ4n) is 2.11. The summed E-state index contributed by atoms with van der Waals surface area (Å²) in [6.45, 7) is 6.08. The number of anilines is 1. The molecule has 102 valence electrons. The van der Waals surface area contributed by atoms with Crippen molar-refractivity contribution in [1.29, 1.82) is 0 Å². The summed E-state index contributed by atoms with van der Waals surface area (Å²) >= 11 is 1.27. The summed E-state index contributed by atoms with van der Waals surface area (Å²) in [5.74, 6) is -0.685. The zero-order chi connectivity index (χ0) is 14.0. The highest BCUT2D eigenvalue weighted by Gasteiger charge is 2.50. The molecule has 0 spiro atoms. The van der Waals surface area contributed by atoms with Crippen LogP contribution in [0.4, 0.5) is 5.69 Å². The van der Waals surface area contributed by atoms with E-state index >= 15 is 0 Å². The minimum atomic E-state index is -1.19. The summed E-state index contributed by atoms with van der Waals surface area (Å²) in [6.07, 6.45) is 0. The number of hydrogen-bond donors (Lipinski definition) is 0. The van der Waals surface area contributed by atoms with Crippen LogP contribution in [0.1, 0.15) is 20.8 Å². The van der Waals surface area contributed by atoms with Gasteiger partial charge < -0.3 is 9.64 Å². The molecular formula is C14H17NO3S. The molecule has 1 aliphatic heterocycles. The van der Waals surface area contributed by atoms with E-state index in [9.17, 15) is 9.59 Å². The first-order valence-corrected chi connectivity index (χ1v) is 7.13. The van der Waals surface area contributed by atoms with Gasteiger partial charge in [-0.2, -0.15) is 0 Å². The molecule has 5 heteroatoms. The summed E-state index contributed by atoms with van der Waals surface area (Å²) in [5, 5.41) is 0. The van der Waals surface area contributed by atoms with E-state index in [-0.39, 0.29) is 12.5 Å². The predicted octanol–water partition coefficient (Wildman–Crippen LogP) is 2.47. The molecule has 0 saturated carbocycles. The number of nitrogens with zero attached hydrogens (tertiary/aromatic N) is 1. The summed E-state index contributed by atoms with van der Waals surface area (Å²) in [4.78, 5) is 27.2. The van der Waals surface area contributed by atoms with E-state index in [0.717, 1.165) is 10.6 Å². The van der Waals surface area contributed by atoms with Crippen LogP contribution in [0.15, 0.2) is 29.2 Å². The van der Waals surface area contributed by atoms with Crippen molar-refractivity contribution in [1.82, 2.24) is 0 Å². The topological polar surface area (TPSA) is 46.6 Å². The molecule has 0 radical (unpaired) electrons. The number of amides is 1. The molecule has 1 heterocycles. The average molecular weight is 279 g/mol. The quantitative estimate of drug-likeness (QED) is 0.630. The van der Waals surface area contributed by atoms with Crippen molar-refractivity contribution in [3.8, 4) is 0 Å². The van der Waals surface area contributed by atoms with Crippen LogP contribution in [0.2, 0.25) is 0 Å². The van der Waals surface area contributed by atoms with Crippen LogP contribution in [0.3, 0.4) is 0 Å². The van der Waals surface area contributed by atoms with Crippen molar-refractivity contribution in [3.63, 3.8) is 0 Å². The first-order valence-electron chi connectivity index (χ1n) is 6.31. The van der Waals surface area contributed by atoms with Crippen molar-refractivity contribution in [2.24, 2.45) is 0 Å². The number of rotatable bonds is 3.